The molecule has 2 radical (unpaired) electrons. The Kier molecular flexibility index (Phi) is 8.93. The van der Waals surface area contributed by atoms with Crippen LogP contribution in [0, 0.1) is 6.92 Å². The molecule has 0 aliphatic carbocycles. The predicted octanol–water partition coefficient (Wildman–Crippen LogP) is 7.90. The summed E-state index contributed by atoms with van der Waals surface area (Å²) in [6.45, 7) is 13.7. The average molecular weight is 441 g/mol. The smallest absolute Gasteiger partial charge is 0.0457 e. The lowest BCUT2D eigenvalue weighted by molar-refractivity contribution is 1.03. The molecule has 3 rings (SSSR count). The van der Waals surface area contributed by atoms with Crippen LogP contribution in [0.25, 0.3) is 0 Å². The highest BCUT2D eigenvalue weighted by Gasteiger charge is 2.08. The van der Waals surface area contributed by atoms with Crippen LogP contribution in [0.4, 0.5) is 0 Å². The average Bonchev–Trinajstić information content (AvgIpc) is 2.76. The Bertz CT molecular complexity index is 1030. The van der Waals surface area contributed by atoms with Crippen molar-refractivity contribution >= 4 is 9.52 Å². The van der Waals surface area contributed by atoms with Crippen molar-refractivity contribution < 1.29 is 0 Å². The number of aryl methyl sites for hydroxylation is 4. The summed E-state index contributed by atoms with van der Waals surface area (Å²) in [5, 5.41) is 0. The van der Waals surface area contributed by atoms with E-state index in [9.17, 15) is 0 Å². The van der Waals surface area contributed by atoms with Gasteiger partial charge in [-0.15, -0.1) is 0 Å². The SMILES string of the molecule is CCc1cc(C)cc(Cc2cc(CC)cc(Cc3cc(CC)cc(C[Si]C(C)C)c3)c2)c1. The summed E-state index contributed by atoms with van der Waals surface area (Å²) < 4.78 is 0. The Morgan fingerprint density at radius 1 is 0.531 bits per heavy atom. The van der Waals surface area contributed by atoms with Crippen LogP contribution >= 0.6 is 0 Å². The molecule has 168 valence electrons. The van der Waals surface area contributed by atoms with Crippen LogP contribution in [0.1, 0.15) is 84.7 Å². The van der Waals surface area contributed by atoms with E-state index in [0.29, 0.717) is 0 Å². The van der Waals surface area contributed by atoms with E-state index in [1.807, 2.05) is 0 Å². The fourth-order valence-electron chi connectivity index (χ4n) is 4.54. The van der Waals surface area contributed by atoms with E-state index in [4.69, 9.17) is 0 Å². The van der Waals surface area contributed by atoms with Gasteiger partial charge in [-0.1, -0.05) is 106 Å². The third kappa shape index (κ3) is 7.20. The molecular weight excluding hydrogens is 400 g/mol. The Labute approximate surface area is 199 Å². The lowest BCUT2D eigenvalue weighted by Crippen LogP contribution is -2.03. The Hall–Kier alpha value is -2.12. The standard InChI is InChI=1S/C31H40Si/c1-7-24-10-23(6)11-27(12-24)17-28-13-25(8-2)14-29(18-28)19-30-15-26(9-3)16-31(20-30)21-32-22(4)5/h10-16,18,20,22H,7-9,17,19,21H2,1-6H3. The Balaban J connectivity index is 1.87. The second-order valence-electron chi connectivity index (χ2n) is 9.59. The largest absolute Gasteiger partial charge is 0.0656 e. The monoisotopic (exact) mass is 440 g/mol. The van der Waals surface area contributed by atoms with Crippen molar-refractivity contribution in [3.8, 4) is 0 Å². The maximum Gasteiger partial charge on any atom is 0.0457 e. The molecule has 3 aromatic rings. The highest BCUT2D eigenvalue weighted by atomic mass is 28.2. The topological polar surface area (TPSA) is 0 Å². The first-order valence-electron chi connectivity index (χ1n) is 12.4. The van der Waals surface area contributed by atoms with Crippen molar-refractivity contribution in [3.63, 3.8) is 0 Å². The molecule has 3 aromatic carbocycles. The van der Waals surface area contributed by atoms with Gasteiger partial charge in [0.15, 0.2) is 0 Å². The summed E-state index contributed by atoms with van der Waals surface area (Å²) >= 11 is 0. The molecule has 0 aliphatic heterocycles. The van der Waals surface area contributed by atoms with E-state index in [-0.39, 0.29) is 0 Å². The van der Waals surface area contributed by atoms with Crippen LogP contribution in [0.3, 0.4) is 0 Å². The van der Waals surface area contributed by atoms with Crippen LogP contribution in [-0.2, 0) is 38.1 Å². The molecule has 0 unspecified atom stereocenters. The van der Waals surface area contributed by atoms with Gasteiger partial charge in [0.05, 0.1) is 0 Å². The van der Waals surface area contributed by atoms with E-state index in [2.05, 4.69) is 96.1 Å². The van der Waals surface area contributed by atoms with Gasteiger partial charge in [-0.3, -0.25) is 0 Å². The van der Waals surface area contributed by atoms with Gasteiger partial charge in [-0.05, 0) is 84.0 Å². The zero-order valence-corrected chi connectivity index (χ0v) is 22.0. The molecule has 0 nitrogen and oxygen atoms in total. The Morgan fingerprint density at radius 3 is 1.34 bits per heavy atom. The fraction of sp³-hybridized carbons (Fsp3) is 0.419. The van der Waals surface area contributed by atoms with Gasteiger partial charge < -0.3 is 0 Å². The molecule has 0 aliphatic rings. The molecule has 0 saturated carbocycles. The van der Waals surface area contributed by atoms with E-state index in [1.54, 1.807) is 0 Å². The van der Waals surface area contributed by atoms with E-state index in [0.717, 1.165) is 47.2 Å². The minimum absolute atomic E-state index is 0.780. The van der Waals surface area contributed by atoms with Gasteiger partial charge in [0, 0.05) is 9.52 Å². The molecule has 0 aromatic heterocycles. The van der Waals surface area contributed by atoms with Crippen LogP contribution < -0.4 is 0 Å². The molecule has 0 bridgehead atoms. The van der Waals surface area contributed by atoms with Crippen molar-refractivity contribution in [1.29, 1.82) is 0 Å². The lowest BCUT2D eigenvalue weighted by atomic mass is 9.93. The van der Waals surface area contributed by atoms with Gasteiger partial charge in [0.1, 0.15) is 0 Å². The molecule has 0 fully saturated rings. The minimum Gasteiger partial charge on any atom is -0.0656 e. The van der Waals surface area contributed by atoms with Gasteiger partial charge in [-0.2, -0.15) is 0 Å². The van der Waals surface area contributed by atoms with Crippen molar-refractivity contribution in [1.82, 2.24) is 0 Å². The predicted molar refractivity (Wildman–Crippen MR) is 142 cm³/mol. The summed E-state index contributed by atoms with van der Waals surface area (Å²) in [6, 6.07) is 22.9. The first-order valence-corrected chi connectivity index (χ1v) is 13.7. The molecule has 1 heteroatoms. The second kappa shape index (κ2) is 11.7. The first-order chi connectivity index (χ1) is 15.4. The fourth-order valence-corrected chi connectivity index (χ4v) is 5.39. The molecule has 0 atom stereocenters. The maximum atomic E-state index is 2.46. The molecule has 0 amide bonds. The number of hydrogen-bond donors (Lipinski definition) is 0. The van der Waals surface area contributed by atoms with E-state index < -0.39 is 0 Å². The summed E-state index contributed by atoms with van der Waals surface area (Å²) in [4.78, 5) is 0. The molecule has 32 heavy (non-hydrogen) atoms. The van der Waals surface area contributed by atoms with Crippen molar-refractivity contribution in [2.45, 2.75) is 85.2 Å². The minimum atomic E-state index is 0.780. The van der Waals surface area contributed by atoms with Crippen molar-refractivity contribution in [2.75, 3.05) is 0 Å². The van der Waals surface area contributed by atoms with Crippen molar-refractivity contribution in [3.05, 3.63) is 105 Å². The van der Waals surface area contributed by atoms with Crippen molar-refractivity contribution in [2.24, 2.45) is 0 Å². The van der Waals surface area contributed by atoms with Gasteiger partial charge in [-0.25, -0.2) is 0 Å². The van der Waals surface area contributed by atoms with Crippen LogP contribution in [0.2, 0.25) is 5.54 Å². The van der Waals surface area contributed by atoms with Crippen LogP contribution in [0.15, 0.2) is 54.6 Å². The number of benzene rings is 3. The highest BCUT2D eigenvalue weighted by Crippen LogP contribution is 2.22. The summed E-state index contributed by atoms with van der Waals surface area (Å²) in [5.41, 5.74) is 13.8. The molecule has 0 spiro atoms. The van der Waals surface area contributed by atoms with E-state index >= 15 is 0 Å². The molecule has 0 N–H and O–H groups in total. The number of rotatable bonds is 10. The van der Waals surface area contributed by atoms with Crippen LogP contribution in [0.5, 0.6) is 0 Å². The third-order valence-electron chi connectivity index (χ3n) is 6.18. The summed E-state index contributed by atoms with van der Waals surface area (Å²) in [7, 11) is 1.01. The molecule has 0 saturated heterocycles. The molecular formula is C31H40Si. The molecule has 0 heterocycles. The van der Waals surface area contributed by atoms with Crippen LogP contribution in [-0.4, -0.2) is 9.52 Å². The quantitative estimate of drug-likeness (QED) is 0.281. The first kappa shape index (κ1) is 24.5. The van der Waals surface area contributed by atoms with E-state index in [1.165, 1.54) is 56.1 Å². The van der Waals surface area contributed by atoms with Gasteiger partial charge >= 0.3 is 0 Å². The maximum absolute atomic E-state index is 2.46. The number of hydrogen-bond acceptors (Lipinski definition) is 0. The summed E-state index contributed by atoms with van der Waals surface area (Å²) in [5.74, 6) is 0. The zero-order valence-electron chi connectivity index (χ0n) is 21.0. The third-order valence-corrected chi connectivity index (χ3v) is 7.61. The normalized spacial score (nSPS) is 11.3. The Morgan fingerprint density at radius 2 is 0.875 bits per heavy atom. The lowest BCUT2D eigenvalue weighted by Gasteiger charge is -2.13. The second-order valence-corrected chi connectivity index (χ2v) is 11.5. The highest BCUT2D eigenvalue weighted by molar-refractivity contribution is 6.36. The summed E-state index contributed by atoms with van der Waals surface area (Å²) in [6.07, 6.45) is 5.35. The van der Waals surface area contributed by atoms with Gasteiger partial charge in [0.25, 0.3) is 0 Å². The van der Waals surface area contributed by atoms with Gasteiger partial charge in [0.2, 0.25) is 0 Å². The zero-order chi connectivity index (χ0) is 23.1.